The molecule has 0 unspecified atom stereocenters. The maximum atomic E-state index is 14.9. The summed E-state index contributed by atoms with van der Waals surface area (Å²) in [6.07, 6.45) is -0.589. The predicted molar refractivity (Wildman–Crippen MR) is 70.8 cm³/mol. The largest absolute Gasteiger partial charge is 0.338 e. The molecule has 1 saturated heterocycles. The lowest BCUT2D eigenvalue weighted by Gasteiger charge is -2.35. The number of likely N-dealkylation sites (tertiary alicyclic amines) is 1. The molecule has 3 heterocycles. The van der Waals surface area contributed by atoms with Gasteiger partial charge in [0.1, 0.15) is 0 Å². The molecule has 0 aromatic carbocycles. The van der Waals surface area contributed by atoms with Gasteiger partial charge in [0.15, 0.2) is 5.67 Å². The Kier molecular flexibility index (Phi) is 4.10. The molecule has 0 atom stereocenters. The van der Waals surface area contributed by atoms with E-state index < -0.39 is 17.9 Å². The molecule has 8 heteroatoms. The van der Waals surface area contributed by atoms with Crippen LogP contribution < -0.4 is 0 Å². The second kappa shape index (κ2) is 6.04. The fourth-order valence-corrected chi connectivity index (χ4v) is 2.56. The van der Waals surface area contributed by atoms with Crippen LogP contribution in [0.15, 0.2) is 28.9 Å². The molecular weight excluding hydrogens is 297 g/mol. The third-order valence-corrected chi connectivity index (χ3v) is 3.81. The van der Waals surface area contributed by atoms with Gasteiger partial charge in [-0.15, -0.1) is 0 Å². The summed E-state index contributed by atoms with van der Waals surface area (Å²) in [4.78, 5) is 9.62. The summed E-state index contributed by atoms with van der Waals surface area (Å²) in [5, 5.41) is 3.21. The second-order valence-electron chi connectivity index (χ2n) is 5.30. The van der Waals surface area contributed by atoms with Crippen molar-refractivity contribution in [2.75, 3.05) is 13.1 Å². The lowest BCUT2D eigenvalue weighted by molar-refractivity contribution is 0.0447. The molecule has 2 aromatic rings. The zero-order chi connectivity index (χ0) is 15.6. The molecule has 0 amide bonds. The van der Waals surface area contributed by atoms with Gasteiger partial charge in [-0.05, 0) is 25.0 Å². The molecule has 0 spiro atoms. The van der Waals surface area contributed by atoms with Crippen LogP contribution in [0.25, 0.3) is 0 Å². The molecule has 0 N–H and O–H groups in total. The summed E-state index contributed by atoms with van der Waals surface area (Å²) >= 11 is 0. The van der Waals surface area contributed by atoms with Gasteiger partial charge in [-0.1, -0.05) is 11.2 Å². The average molecular weight is 312 g/mol. The van der Waals surface area contributed by atoms with Crippen LogP contribution in [0.1, 0.15) is 36.7 Å². The van der Waals surface area contributed by atoms with E-state index in [9.17, 15) is 13.2 Å². The SMILES string of the molecule is FC(F)c1noc(CN2CCC(F)(c3ccccn3)CC2)n1. The van der Waals surface area contributed by atoms with Crippen LogP contribution in [0.3, 0.4) is 0 Å². The molecule has 118 valence electrons. The van der Waals surface area contributed by atoms with Gasteiger partial charge in [0.2, 0.25) is 11.7 Å². The maximum Gasteiger partial charge on any atom is 0.300 e. The number of nitrogens with zero attached hydrogens (tertiary/aromatic N) is 4. The third kappa shape index (κ3) is 3.11. The highest BCUT2D eigenvalue weighted by molar-refractivity contribution is 5.14. The maximum absolute atomic E-state index is 14.9. The number of aromatic nitrogens is 3. The van der Waals surface area contributed by atoms with Crippen molar-refractivity contribution >= 4 is 0 Å². The third-order valence-electron chi connectivity index (χ3n) is 3.81. The fraction of sp³-hybridized carbons (Fsp3) is 0.500. The van der Waals surface area contributed by atoms with Crippen LogP contribution >= 0.6 is 0 Å². The van der Waals surface area contributed by atoms with E-state index in [2.05, 4.69) is 15.1 Å². The molecule has 3 rings (SSSR count). The Morgan fingerprint density at radius 2 is 2.05 bits per heavy atom. The number of alkyl halides is 3. The van der Waals surface area contributed by atoms with Crippen molar-refractivity contribution in [1.82, 2.24) is 20.0 Å². The van der Waals surface area contributed by atoms with Crippen LogP contribution in [0.4, 0.5) is 13.2 Å². The number of halogens is 3. The molecule has 5 nitrogen and oxygen atoms in total. The van der Waals surface area contributed by atoms with Crippen molar-refractivity contribution in [3.63, 3.8) is 0 Å². The molecule has 1 aliphatic rings. The number of pyridine rings is 1. The summed E-state index contributed by atoms with van der Waals surface area (Å²) in [6.45, 7) is 1.19. The highest BCUT2D eigenvalue weighted by Gasteiger charge is 2.37. The number of piperidine rings is 1. The van der Waals surface area contributed by atoms with Gasteiger partial charge in [-0.3, -0.25) is 9.88 Å². The lowest BCUT2D eigenvalue weighted by Crippen LogP contribution is -2.40. The second-order valence-corrected chi connectivity index (χ2v) is 5.30. The molecule has 0 aliphatic carbocycles. The van der Waals surface area contributed by atoms with Crippen LogP contribution in [0.2, 0.25) is 0 Å². The van der Waals surface area contributed by atoms with Crippen molar-refractivity contribution in [2.45, 2.75) is 31.5 Å². The van der Waals surface area contributed by atoms with Crippen LogP contribution in [-0.2, 0) is 12.2 Å². The zero-order valence-electron chi connectivity index (χ0n) is 11.8. The van der Waals surface area contributed by atoms with E-state index in [1.807, 2.05) is 4.90 Å². The van der Waals surface area contributed by atoms with Crippen molar-refractivity contribution in [2.24, 2.45) is 0 Å². The van der Waals surface area contributed by atoms with Gasteiger partial charge in [0.25, 0.3) is 0 Å². The Morgan fingerprint density at radius 1 is 1.27 bits per heavy atom. The minimum atomic E-state index is -2.75. The van der Waals surface area contributed by atoms with Gasteiger partial charge in [0.05, 0.1) is 12.2 Å². The molecule has 1 fully saturated rings. The van der Waals surface area contributed by atoms with Crippen molar-refractivity contribution in [3.05, 3.63) is 41.8 Å². The fourth-order valence-electron chi connectivity index (χ4n) is 2.56. The van der Waals surface area contributed by atoms with Crippen molar-refractivity contribution in [1.29, 1.82) is 0 Å². The van der Waals surface area contributed by atoms with Gasteiger partial charge >= 0.3 is 6.43 Å². The minimum Gasteiger partial charge on any atom is -0.338 e. The Hall–Kier alpha value is -1.96. The summed E-state index contributed by atoms with van der Waals surface area (Å²) in [7, 11) is 0. The Morgan fingerprint density at radius 3 is 2.64 bits per heavy atom. The normalized spacial score (nSPS) is 18.7. The summed E-state index contributed by atoms with van der Waals surface area (Å²) < 4.78 is 44.4. The first-order valence-corrected chi connectivity index (χ1v) is 7.00. The molecule has 1 aliphatic heterocycles. The molecule has 2 aromatic heterocycles. The topological polar surface area (TPSA) is 55.1 Å². The highest BCUT2D eigenvalue weighted by atomic mass is 19.3. The summed E-state index contributed by atoms with van der Waals surface area (Å²) in [6, 6.07) is 5.20. The first-order valence-electron chi connectivity index (χ1n) is 7.00. The minimum absolute atomic E-state index is 0.125. The van der Waals surface area contributed by atoms with E-state index in [-0.39, 0.29) is 12.4 Å². The van der Waals surface area contributed by atoms with Gasteiger partial charge in [-0.2, -0.15) is 4.98 Å². The average Bonchev–Trinajstić information content (AvgIpc) is 3.00. The van der Waals surface area contributed by atoms with Gasteiger partial charge < -0.3 is 4.52 Å². The smallest absolute Gasteiger partial charge is 0.300 e. The van der Waals surface area contributed by atoms with E-state index in [0.29, 0.717) is 31.6 Å². The first-order chi connectivity index (χ1) is 10.6. The molecular formula is C14H15F3N4O. The number of hydrogen-bond donors (Lipinski definition) is 0. The standard InChI is InChI=1S/C14H15F3N4O/c15-12(16)13-19-11(22-20-13)9-21-7-4-14(17,5-8-21)10-3-1-2-6-18-10/h1-3,6,12H,4-5,7-9H2. The van der Waals surface area contributed by atoms with Gasteiger partial charge in [-0.25, -0.2) is 13.2 Å². The first kappa shape index (κ1) is 15.0. The van der Waals surface area contributed by atoms with Gasteiger partial charge in [0, 0.05) is 19.3 Å². The number of rotatable bonds is 4. The lowest BCUT2D eigenvalue weighted by atomic mass is 9.89. The monoisotopic (exact) mass is 312 g/mol. The summed E-state index contributed by atoms with van der Waals surface area (Å²) in [5.41, 5.74) is -1.01. The van der Waals surface area contributed by atoms with E-state index in [4.69, 9.17) is 4.52 Å². The van der Waals surface area contributed by atoms with Crippen molar-refractivity contribution < 1.29 is 17.7 Å². The van der Waals surface area contributed by atoms with E-state index >= 15 is 0 Å². The van der Waals surface area contributed by atoms with E-state index in [1.165, 1.54) is 0 Å². The van der Waals surface area contributed by atoms with E-state index in [1.54, 1.807) is 24.4 Å². The Balaban J connectivity index is 1.59. The van der Waals surface area contributed by atoms with E-state index in [0.717, 1.165) is 0 Å². The quantitative estimate of drug-likeness (QED) is 0.869. The zero-order valence-corrected chi connectivity index (χ0v) is 11.8. The van der Waals surface area contributed by atoms with Crippen LogP contribution in [-0.4, -0.2) is 33.1 Å². The highest BCUT2D eigenvalue weighted by Crippen LogP contribution is 2.35. The molecule has 0 saturated carbocycles. The van der Waals surface area contributed by atoms with Crippen molar-refractivity contribution in [3.8, 4) is 0 Å². The Labute approximate surface area is 125 Å². The number of hydrogen-bond acceptors (Lipinski definition) is 5. The van der Waals surface area contributed by atoms with Crippen LogP contribution in [0, 0.1) is 0 Å². The molecule has 0 bridgehead atoms. The predicted octanol–water partition coefficient (Wildman–Crippen LogP) is 2.86. The Bertz CT molecular complexity index is 612. The molecule has 22 heavy (non-hydrogen) atoms. The van der Waals surface area contributed by atoms with Crippen LogP contribution in [0.5, 0.6) is 0 Å². The molecule has 0 radical (unpaired) electrons. The summed E-state index contributed by atoms with van der Waals surface area (Å²) in [5.74, 6) is -0.486.